The van der Waals surface area contributed by atoms with E-state index < -0.39 is 0 Å². The average molecular weight is 365 g/mol. The summed E-state index contributed by atoms with van der Waals surface area (Å²) < 4.78 is 5.10. The van der Waals surface area contributed by atoms with Crippen LogP contribution in [0.25, 0.3) is 0 Å². The van der Waals surface area contributed by atoms with Crippen LogP contribution in [0.2, 0.25) is 0 Å². The first-order valence-electron chi connectivity index (χ1n) is 9.48. The number of likely N-dealkylation sites (tertiary alicyclic amines) is 1. The van der Waals surface area contributed by atoms with E-state index >= 15 is 0 Å². The van der Waals surface area contributed by atoms with Crippen molar-refractivity contribution in [2.45, 2.75) is 33.3 Å². The molecule has 1 heterocycles. The quantitative estimate of drug-likeness (QED) is 0.747. The summed E-state index contributed by atoms with van der Waals surface area (Å²) in [4.78, 5) is 27.4. The molecule has 1 aliphatic rings. The lowest BCUT2D eigenvalue weighted by Crippen LogP contribution is -2.40. The molecule has 27 heavy (non-hydrogen) atoms. The Balaban J connectivity index is 1.61. The van der Waals surface area contributed by atoms with Crippen LogP contribution < -0.4 is 0 Å². The first kappa shape index (κ1) is 19.3. The molecule has 1 aliphatic heterocycles. The van der Waals surface area contributed by atoms with E-state index in [-0.39, 0.29) is 17.6 Å². The van der Waals surface area contributed by atoms with Crippen molar-refractivity contribution in [1.29, 1.82) is 0 Å². The van der Waals surface area contributed by atoms with Gasteiger partial charge in [0, 0.05) is 37.2 Å². The number of amides is 1. The normalized spacial score (nSPS) is 15.0. The Morgan fingerprint density at radius 2 is 1.70 bits per heavy atom. The zero-order valence-corrected chi connectivity index (χ0v) is 16.3. The molecule has 4 heteroatoms. The summed E-state index contributed by atoms with van der Waals surface area (Å²) in [6, 6.07) is 13.5. The van der Waals surface area contributed by atoms with Crippen molar-refractivity contribution in [3.05, 3.63) is 70.3 Å². The lowest BCUT2D eigenvalue weighted by molar-refractivity contribution is 0.0650. The van der Waals surface area contributed by atoms with Crippen molar-refractivity contribution in [2.24, 2.45) is 5.92 Å². The molecule has 4 nitrogen and oxygen atoms in total. The lowest BCUT2D eigenvalue weighted by atomic mass is 9.87. The summed E-state index contributed by atoms with van der Waals surface area (Å²) in [5.74, 6) is 0.249. The molecule has 0 saturated carbocycles. The predicted octanol–water partition coefficient (Wildman–Crippen LogP) is 4.18. The van der Waals surface area contributed by atoms with E-state index in [1.165, 1.54) is 5.56 Å². The summed E-state index contributed by atoms with van der Waals surface area (Å²) in [6.07, 6.45) is 1.44. The summed E-state index contributed by atoms with van der Waals surface area (Å²) in [5.41, 5.74) is 4.76. The van der Waals surface area contributed by atoms with Crippen molar-refractivity contribution in [1.82, 2.24) is 4.90 Å². The SMILES string of the molecule is COCc1ccc(C(=O)N2CCC(C(=O)c3ccc(C)cc3C)CC2)cc1. The van der Waals surface area contributed by atoms with Crippen LogP contribution in [-0.2, 0) is 11.3 Å². The molecule has 0 N–H and O–H groups in total. The fourth-order valence-electron chi connectivity index (χ4n) is 3.75. The van der Waals surface area contributed by atoms with E-state index in [4.69, 9.17) is 4.74 Å². The molecule has 1 amide bonds. The molecule has 0 atom stereocenters. The van der Waals surface area contributed by atoms with Crippen molar-refractivity contribution in [3.8, 4) is 0 Å². The van der Waals surface area contributed by atoms with Gasteiger partial charge in [-0.3, -0.25) is 9.59 Å². The maximum absolute atomic E-state index is 12.9. The van der Waals surface area contributed by atoms with Gasteiger partial charge in [-0.05, 0) is 49.9 Å². The number of Topliss-reactive ketones (excluding diaryl/α,β-unsaturated/α-hetero) is 1. The minimum atomic E-state index is -0.000430. The fourth-order valence-corrected chi connectivity index (χ4v) is 3.75. The van der Waals surface area contributed by atoms with E-state index in [1.54, 1.807) is 7.11 Å². The van der Waals surface area contributed by atoms with E-state index in [2.05, 4.69) is 6.07 Å². The van der Waals surface area contributed by atoms with Crippen LogP contribution >= 0.6 is 0 Å². The topological polar surface area (TPSA) is 46.6 Å². The monoisotopic (exact) mass is 365 g/mol. The van der Waals surface area contributed by atoms with Crippen LogP contribution in [0.1, 0.15) is 50.2 Å². The number of methoxy groups -OCH3 is 1. The number of carbonyl (C=O) groups is 2. The van der Waals surface area contributed by atoms with Gasteiger partial charge in [0.2, 0.25) is 0 Å². The minimum absolute atomic E-state index is 0.000430. The fraction of sp³-hybridized carbons (Fsp3) is 0.391. The molecule has 0 aliphatic carbocycles. The molecule has 0 unspecified atom stereocenters. The highest BCUT2D eigenvalue weighted by atomic mass is 16.5. The zero-order chi connectivity index (χ0) is 19.4. The number of aryl methyl sites for hydroxylation is 2. The summed E-state index contributed by atoms with van der Waals surface area (Å²) in [5, 5.41) is 0. The maximum Gasteiger partial charge on any atom is 0.253 e. The number of hydrogen-bond acceptors (Lipinski definition) is 3. The smallest absolute Gasteiger partial charge is 0.253 e. The van der Waals surface area contributed by atoms with Gasteiger partial charge in [-0.1, -0.05) is 35.9 Å². The number of rotatable bonds is 5. The van der Waals surface area contributed by atoms with Gasteiger partial charge < -0.3 is 9.64 Å². The Morgan fingerprint density at radius 3 is 2.30 bits per heavy atom. The van der Waals surface area contributed by atoms with Crippen molar-refractivity contribution < 1.29 is 14.3 Å². The van der Waals surface area contributed by atoms with Gasteiger partial charge in [-0.15, -0.1) is 0 Å². The molecule has 2 aromatic rings. The Bertz CT molecular complexity index is 818. The molecule has 1 saturated heterocycles. The number of benzene rings is 2. The highest BCUT2D eigenvalue weighted by Gasteiger charge is 2.29. The molecule has 0 radical (unpaired) electrons. The van der Waals surface area contributed by atoms with Gasteiger partial charge in [0.05, 0.1) is 6.61 Å². The van der Waals surface area contributed by atoms with Crippen LogP contribution in [-0.4, -0.2) is 36.8 Å². The number of ether oxygens (including phenoxy) is 1. The Morgan fingerprint density at radius 1 is 1.04 bits per heavy atom. The number of piperidine rings is 1. The van der Waals surface area contributed by atoms with Crippen LogP contribution in [0, 0.1) is 19.8 Å². The van der Waals surface area contributed by atoms with E-state index in [0.717, 1.165) is 29.5 Å². The van der Waals surface area contributed by atoms with E-state index in [9.17, 15) is 9.59 Å². The van der Waals surface area contributed by atoms with Gasteiger partial charge in [-0.25, -0.2) is 0 Å². The standard InChI is InChI=1S/C23H27NO3/c1-16-4-9-21(17(2)14-16)22(25)19-10-12-24(13-11-19)23(26)20-7-5-18(6-8-20)15-27-3/h4-9,14,19H,10-13,15H2,1-3H3. The molecular formula is C23H27NO3. The number of nitrogens with zero attached hydrogens (tertiary/aromatic N) is 1. The van der Waals surface area contributed by atoms with Crippen LogP contribution in [0.3, 0.4) is 0 Å². The first-order chi connectivity index (χ1) is 13.0. The van der Waals surface area contributed by atoms with Gasteiger partial charge >= 0.3 is 0 Å². The van der Waals surface area contributed by atoms with Crippen LogP contribution in [0.5, 0.6) is 0 Å². The molecule has 142 valence electrons. The van der Waals surface area contributed by atoms with Gasteiger partial charge in [0.1, 0.15) is 0 Å². The largest absolute Gasteiger partial charge is 0.380 e. The Hall–Kier alpha value is -2.46. The third-order valence-electron chi connectivity index (χ3n) is 5.31. The van der Waals surface area contributed by atoms with E-state index in [1.807, 2.05) is 55.1 Å². The number of hydrogen-bond donors (Lipinski definition) is 0. The lowest BCUT2D eigenvalue weighted by Gasteiger charge is -2.31. The molecule has 0 spiro atoms. The molecule has 2 aromatic carbocycles. The Labute approximate surface area is 161 Å². The van der Waals surface area contributed by atoms with E-state index in [0.29, 0.717) is 25.3 Å². The number of ketones is 1. The second-order valence-electron chi connectivity index (χ2n) is 7.38. The van der Waals surface area contributed by atoms with Gasteiger partial charge in [-0.2, -0.15) is 0 Å². The first-order valence-corrected chi connectivity index (χ1v) is 9.48. The summed E-state index contributed by atoms with van der Waals surface area (Å²) in [7, 11) is 1.66. The molecule has 0 aromatic heterocycles. The van der Waals surface area contributed by atoms with Crippen LogP contribution in [0.15, 0.2) is 42.5 Å². The second-order valence-corrected chi connectivity index (χ2v) is 7.38. The average Bonchev–Trinajstić information content (AvgIpc) is 2.68. The zero-order valence-electron chi connectivity index (χ0n) is 16.3. The second kappa shape index (κ2) is 8.49. The molecular weight excluding hydrogens is 338 g/mol. The van der Waals surface area contributed by atoms with Crippen LogP contribution in [0.4, 0.5) is 0 Å². The third-order valence-corrected chi connectivity index (χ3v) is 5.31. The summed E-state index contributed by atoms with van der Waals surface area (Å²) in [6.45, 7) is 5.82. The highest BCUT2D eigenvalue weighted by Crippen LogP contribution is 2.25. The predicted molar refractivity (Wildman–Crippen MR) is 106 cm³/mol. The van der Waals surface area contributed by atoms with Crippen molar-refractivity contribution in [3.63, 3.8) is 0 Å². The number of carbonyl (C=O) groups excluding carboxylic acids is 2. The van der Waals surface area contributed by atoms with Crippen molar-refractivity contribution >= 4 is 11.7 Å². The third kappa shape index (κ3) is 4.45. The highest BCUT2D eigenvalue weighted by molar-refractivity contribution is 5.99. The molecule has 3 rings (SSSR count). The van der Waals surface area contributed by atoms with Gasteiger partial charge in [0.25, 0.3) is 5.91 Å². The Kier molecular flexibility index (Phi) is 6.07. The molecule has 0 bridgehead atoms. The maximum atomic E-state index is 12.9. The minimum Gasteiger partial charge on any atom is -0.380 e. The van der Waals surface area contributed by atoms with Crippen molar-refractivity contribution in [2.75, 3.05) is 20.2 Å². The summed E-state index contributed by atoms with van der Waals surface area (Å²) >= 11 is 0. The molecule has 1 fully saturated rings. The van der Waals surface area contributed by atoms with Gasteiger partial charge in [0.15, 0.2) is 5.78 Å².